The molecular weight excluding hydrogens is 454 g/mol. The predicted molar refractivity (Wildman–Crippen MR) is 140 cm³/mol. The number of nitrogens with zero attached hydrogens (tertiary/aromatic N) is 2. The molecule has 2 heterocycles. The maximum Gasteiger partial charge on any atom is 0.274 e. The molecule has 1 aromatic heterocycles. The Balaban J connectivity index is 1.88. The van der Waals surface area contributed by atoms with Gasteiger partial charge in [0.25, 0.3) is 11.8 Å². The Morgan fingerprint density at radius 1 is 1.22 bits per heavy atom. The summed E-state index contributed by atoms with van der Waals surface area (Å²) >= 11 is 0. The highest BCUT2D eigenvalue weighted by Crippen LogP contribution is 2.65. The van der Waals surface area contributed by atoms with Crippen molar-refractivity contribution in [1.82, 2.24) is 10.0 Å². The van der Waals surface area contributed by atoms with Gasteiger partial charge < -0.3 is 9.30 Å². The highest BCUT2D eigenvalue weighted by molar-refractivity contribution is 6.01. The number of hydrogen-bond acceptors (Lipinski definition) is 4. The number of hydrogen-bond donors (Lipinski definition) is 2. The van der Waals surface area contributed by atoms with Crippen molar-refractivity contribution >= 4 is 29.4 Å². The van der Waals surface area contributed by atoms with Crippen molar-refractivity contribution in [2.24, 2.45) is 10.4 Å². The number of aliphatic imine (C=N–C) groups is 1. The van der Waals surface area contributed by atoms with Crippen LogP contribution in [0.25, 0.3) is 22.2 Å². The number of carbonyl (C=O) groups excluding carboxylic acids is 2. The predicted octanol–water partition coefficient (Wildman–Crippen LogP) is 5.83. The standard InChI is InChI=1S/C29H33N3O4/c1-5-7-17(8-6-2)25-21-11-9-18(27(33)31-35)13-24(21)32-16-29(28(34)30-3)15-23(29)22-14-19(36-4)10-12-20(22)26(25)32/h9-14,17,23,35H,3,5-8,15-16H2,1-2,4H3,(H,31,33). The molecule has 188 valence electrons. The largest absolute Gasteiger partial charge is 0.497 e. The van der Waals surface area contributed by atoms with Crippen LogP contribution in [0.1, 0.15) is 79.3 Å². The van der Waals surface area contributed by atoms with Gasteiger partial charge in [-0.25, -0.2) is 10.5 Å². The Bertz CT molecular complexity index is 1370. The number of hydroxylamine groups is 1. The molecular formula is C29H33N3O4. The minimum absolute atomic E-state index is 0.0307. The molecule has 0 saturated heterocycles. The first-order valence-corrected chi connectivity index (χ1v) is 12.7. The van der Waals surface area contributed by atoms with Crippen molar-refractivity contribution in [3.63, 3.8) is 0 Å². The number of benzene rings is 2. The Morgan fingerprint density at radius 2 is 1.97 bits per heavy atom. The van der Waals surface area contributed by atoms with Crippen LogP contribution in [0, 0.1) is 5.41 Å². The van der Waals surface area contributed by atoms with Crippen LogP contribution in [-0.2, 0) is 11.3 Å². The Labute approximate surface area is 211 Å². The van der Waals surface area contributed by atoms with Crippen molar-refractivity contribution in [3.05, 3.63) is 53.1 Å². The number of aromatic nitrogens is 1. The van der Waals surface area contributed by atoms with E-state index in [-0.39, 0.29) is 11.8 Å². The van der Waals surface area contributed by atoms with Crippen LogP contribution in [0.2, 0.25) is 0 Å². The van der Waals surface area contributed by atoms with E-state index >= 15 is 0 Å². The van der Waals surface area contributed by atoms with E-state index < -0.39 is 11.3 Å². The van der Waals surface area contributed by atoms with Crippen molar-refractivity contribution in [1.29, 1.82) is 0 Å². The second-order valence-electron chi connectivity index (χ2n) is 10.1. The summed E-state index contributed by atoms with van der Waals surface area (Å²) in [5.41, 5.74) is 6.93. The molecule has 1 aliphatic carbocycles. The van der Waals surface area contributed by atoms with Crippen molar-refractivity contribution in [2.45, 2.75) is 64.3 Å². The first kappa shape index (κ1) is 24.3. The zero-order chi connectivity index (χ0) is 25.6. The summed E-state index contributed by atoms with van der Waals surface area (Å²) < 4.78 is 7.79. The van der Waals surface area contributed by atoms with Gasteiger partial charge in [0, 0.05) is 34.5 Å². The van der Waals surface area contributed by atoms with Crippen LogP contribution in [0.5, 0.6) is 5.75 Å². The topological polar surface area (TPSA) is 92.9 Å². The molecule has 1 fully saturated rings. The molecule has 2 amide bonds. The highest BCUT2D eigenvalue weighted by Gasteiger charge is 2.62. The molecule has 2 aromatic carbocycles. The molecule has 2 atom stereocenters. The van der Waals surface area contributed by atoms with E-state index in [1.807, 2.05) is 18.2 Å². The van der Waals surface area contributed by atoms with E-state index in [9.17, 15) is 14.8 Å². The van der Waals surface area contributed by atoms with Gasteiger partial charge in [-0.1, -0.05) is 32.8 Å². The lowest BCUT2D eigenvalue weighted by molar-refractivity contribution is -0.123. The number of fused-ring (bicyclic) bond motifs is 7. The van der Waals surface area contributed by atoms with Crippen LogP contribution in [-0.4, -0.2) is 35.4 Å². The molecule has 1 aliphatic heterocycles. The summed E-state index contributed by atoms with van der Waals surface area (Å²) in [7, 11) is 1.66. The number of nitrogens with one attached hydrogen (secondary N) is 1. The molecule has 7 heteroatoms. The molecule has 2 N–H and O–H groups in total. The van der Waals surface area contributed by atoms with E-state index in [1.54, 1.807) is 18.7 Å². The Hall–Kier alpha value is -3.45. The van der Waals surface area contributed by atoms with Gasteiger partial charge >= 0.3 is 0 Å². The van der Waals surface area contributed by atoms with Crippen molar-refractivity contribution < 1.29 is 19.5 Å². The van der Waals surface area contributed by atoms with Gasteiger partial charge in [0.05, 0.1) is 18.2 Å². The number of carbonyl (C=O) groups is 2. The van der Waals surface area contributed by atoms with Crippen LogP contribution in [0.3, 0.4) is 0 Å². The number of amides is 2. The lowest BCUT2D eigenvalue weighted by Crippen LogP contribution is -2.22. The Kier molecular flexibility index (Phi) is 6.20. The monoisotopic (exact) mass is 487 g/mol. The molecule has 5 rings (SSSR count). The smallest absolute Gasteiger partial charge is 0.274 e. The molecule has 7 nitrogen and oxygen atoms in total. The zero-order valence-electron chi connectivity index (χ0n) is 21.1. The van der Waals surface area contributed by atoms with Gasteiger partial charge in [-0.15, -0.1) is 0 Å². The number of methoxy groups -OCH3 is 1. The van der Waals surface area contributed by atoms with Gasteiger partial charge in [0.15, 0.2) is 0 Å². The third kappa shape index (κ3) is 3.56. The molecule has 2 unspecified atom stereocenters. The SMILES string of the molecule is C=NC(=O)C12CC1c1cc(OC)ccc1-c1c(C(CCC)CCC)c3ccc(C(=O)NO)cc3n1C2. The fourth-order valence-corrected chi connectivity index (χ4v) is 6.38. The van der Waals surface area contributed by atoms with Crippen molar-refractivity contribution in [3.8, 4) is 17.0 Å². The summed E-state index contributed by atoms with van der Waals surface area (Å²) in [5.74, 6) is 0.378. The normalized spacial score (nSPS) is 19.8. The lowest BCUT2D eigenvalue weighted by Gasteiger charge is -2.20. The Morgan fingerprint density at radius 3 is 2.61 bits per heavy atom. The molecule has 0 bridgehead atoms. The van der Waals surface area contributed by atoms with Crippen molar-refractivity contribution in [2.75, 3.05) is 7.11 Å². The van der Waals surface area contributed by atoms with Gasteiger partial charge in [-0.2, -0.15) is 0 Å². The van der Waals surface area contributed by atoms with E-state index in [1.165, 1.54) is 5.56 Å². The molecule has 1 saturated carbocycles. The van der Waals surface area contributed by atoms with E-state index in [2.05, 4.69) is 42.3 Å². The molecule has 36 heavy (non-hydrogen) atoms. The minimum atomic E-state index is -0.669. The highest BCUT2D eigenvalue weighted by atomic mass is 16.5. The van der Waals surface area contributed by atoms with Crippen LogP contribution >= 0.6 is 0 Å². The molecule has 2 aliphatic rings. The average Bonchev–Trinajstić information content (AvgIpc) is 3.57. The van der Waals surface area contributed by atoms with E-state index in [4.69, 9.17) is 4.74 Å². The summed E-state index contributed by atoms with van der Waals surface area (Å²) in [5, 5.41) is 10.4. The maximum atomic E-state index is 13.2. The number of ether oxygens (including phenoxy) is 1. The number of rotatable bonds is 8. The summed E-state index contributed by atoms with van der Waals surface area (Å²) in [6.07, 6.45) is 4.91. The second-order valence-corrected chi connectivity index (χ2v) is 10.1. The third-order valence-corrected chi connectivity index (χ3v) is 8.12. The van der Waals surface area contributed by atoms with Crippen LogP contribution in [0.15, 0.2) is 41.4 Å². The minimum Gasteiger partial charge on any atom is -0.497 e. The fraction of sp³-hybridized carbons (Fsp3) is 0.414. The lowest BCUT2D eigenvalue weighted by atomic mass is 9.85. The van der Waals surface area contributed by atoms with Gasteiger partial charge in [-0.05, 0) is 73.4 Å². The summed E-state index contributed by atoms with van der Waals surface area (Å²) in [4.78, 5) is 29.4. The molecule has 0 spiro atoms. The van der Waals surface area contributed by atoms with Crippen LogP contribution < -0.4 is 10.2 Å². The maximum absolute atomic E-state index is 13.2. The summed E-state index contributed by atoms with van der Waals surface area (Å²) in [6.45, 7) is 8.45. The fourth-order valence-electron chi connectivity index (χ4n) is 6.38. The average molecular weight is 488 g/mol. The second kappa shape index (κ2) is 9.21. The third-order valence-electron chi connectivity index (χ3n) is 8.12. The van der Waals surface area contributed by atoms with E-state index in [0.717, 1.165) is 59.2 Å². The summed E-state index contributed by atoms with van der Waals surface area (Å²) in [6, 6.07) is 11.7. The first-order chi connectivity index (χ1) is 17.4. The molecule has 3 aromatic rings. The molecule has 0 radical (unpaired) electrons. The van der Waals surface area contributed by atoms with Gasteiger partial charge in [0.1, 0.15) is 5.75 Å². The first-order valence-electron chi connectivity index (χ1n) is 12.7. The van der Waals surface area contributed by atoms with E-state index in [0.29, 0.717) is 24.4 Å². The quantitative estimate of drug-likeness (QED) is 0.237. The van der Waals surface area contributed by atoms with Crippen LogP contribution in [0.4, 0.5) is 0 Å². The zero-order valence-corrected chi connectivity index (χ0v) is 21.1. The van der Waals surface area contributed by atoms with Gasteiger partial charge in [-0.3, -0.25) is 14.8 Å². The van der Waals surface area contributed by atoms with Gasteiger partial charge in [0.2, 0.25) is 0 Å².